The lowest BCUT2D eigenvalue weighted by molar-refractivity contribution is -0.139. The lowest BCUT2D eigenvalue weighted by atomic mass is 9.98. The molecule has 0 heterocycles. The van der Waals surface area contributed by atoms with Crippen LogP contribution >= 0.6 is 0 Å². The number of hydrogen-bond acceptors (Lipinski definition) is 1. The van der Waals surface area contributed by atoms with Gasteiger partial charge in [0, 0.05) is 0 Å². The van der Waals surface area contributed by atoms with Crippen molar-refractivity contribution in [2.45, 2.75) is 19.8 Å². The van der Waals surface area contributed by atoms with Crippen molar-refractivity contribution in [1.29, 1.82) is 0 Å². The number of terminal acetylenes is 1. The summed E-state index contributed by atoms with van der Waals surface area (Å²) in [5.41, 5.74) is 2.35. The van der Waals surface area contributed by atoms with E-state index in [1.807, 2.05) is 31.2 Å². The predicted octanol–water partition coefficient (Wildman–Crippen LogP) is 2.26. The maximum absolute atomic E-state index is 10.7. The molecule has 2 nitrogen and oxygen atoms in total. The first-order valence-electron chi connectivity index (χ1n) is 4.88. The van der Waals surface area contributed by atoms with E-state index in [0.29, 0.717) is 12.8 Å². The quantitative estimate of drug-likeness (QED) is 0.760. The van der Waals surface area contributed by atoms with Crippen LogP contribution in [0.5, 0.6) is 0 Å². The van der Waals surface area contributed by atoms with Crippen LogP contribution in [0.4, 0.5) is 0 Å². The van der Waals surface area contributed by atoms with Crippen molar-refractivity contribution in [3.8, 4) is 12.3 Å². The van der Waals surface area contributed by atoms with Gasteiger partial charge in [0.15, 0.2) is 0 Å². The molecule has 0 aliphatic heterocycles. The van der Waals surface area contributed by atoms with Gasteiger partial charge in [0.05, 0.1) is 0 Å². The minimum absolute atomic E-state index is 0.497. The highest BCUT2D eigenvalue weighted by Gasteiger charge is 2.13. The Hall–Kier alpha value is -1.75. The second kappa shape index (κ2) is 5.21. The summed E-state index contributed by atoms with van der Waals surface area (Å²) in [7, 11) is 0. The zero-order valence-electron chi connectivity index (χ0n) is 8.73. The van der Waals surface area contributed by atoms with Crippen molar-refractivity contribution in [2.75, 3.05) is 0 Å². The molecule has 78 valence electrons. The van der Waals surface area contributed by atoms with Crippen LogP contribution in [0.25, 0.3) is 0 Å². The molecule has 0 radical (unpaired) electrons. The third-order valence-electron chi connectivity index (χ3n) is 2.46. The van der Waals surface area contributed by atoms with Crippen molar-refractivity contribution in [2.24, 2.45) is 5.92 Å². The standard InChI is InChI=1S/C13H14O2/c1-3-11(13(14)15)8-9-12-7-5-4-6-10(12)2/h1,4-7,11H,8-9H2,2H3,(H,14,15). The van der Waals surface area contributed by atoms with Gasteiger partial charge in [0.25, 0.3) is 0 Å². The zero-order valence-corrected chi connectivity index (χ0v) is 8.73. The molecule has 1 atom stereocenters. The van der Waals surface area contributed by atoms with E-state index in [9.17, 15) is 4.79 Å². The first kappa shape index (κ1) is 11.3. The van der Waals surface area contributed by atoms with Crippen LogP contribution in [-0.4, -0.2) is 11.1 Å². The minimum Gasteiger partial charge on any atom is -0.480 e. The summed E-state index contributed by atoms with van der Waals surface area (Å²) in [6.45, 7) is 2.01. The molecule has 0 aromatic heterocycles. The van der Waals surface area contributed by atoms with Crippen molar-refractivity contribution in [3.05, 3.63) is 35.4 Å². The van der Waals surface area contributed by atoms with Gasteiger partial charge in [0.2, 0.25) is 0 Å². The topological polar surface area (TPSA) is 37.3 Å². The van der Waals surface area contributed by atoms with Crippen molar-refractivity contribution >= 4 is 5.97 Å². The van der Waals surface area contributed by atoms with E-state index in [1.165, 1.54) is 11.1 Å². The molecule has 1 rings (SSSR count). The van der Waals surface area contributed by atoms with Crippen LogP contribution in [-0.2, 0) is 11.2 Å². The smallest absolute Gasteiger partial charge is 0.318 e. The van der Waals surface area contributed by atoms with Crippen LogP contribution in [0.3, 0.4) is 0 Å². The Bertz CT molecular complexity index is 388. The third-order valence-corrected chi connectivity index (χ3v) is 2.46. The Morgan fingerprint density at radius 1 is 1.53 bits per heavy atom. The molecule has 1 unspecified atom stereocenters. The predicted molar refractivity (Wildman–Crippen MR) is 59.5 cm³/mol. The summed E-state index contributed by atoms with van der Waals surface area (Å²) < 4.78 is 0. The summed E-state index contributed by atoms with van der Waals surface area (Å²) >= 11 is 0. The number of aliphatic carboxylic acids is 1. The number of carboxylic acids is 1. The second-order valence-corrected chi connectivity index (χ2v) is 3.52. The van der Waals surface area contributed by atoms with Gasteiger partial charge in [-0.3, -0.25) is 4.79 Å². The Morgan fingerprint density at radius 2 is 2.20 bits per heavy atom. The van der Waals surface area contributed by atoms with E-state index >= 15 is 0 Å². The Kier molecular flexibility index (Phi) is 3.93. The molecule has 0 fully saturated rings. The first-order valence-corrected chi connectivity index (χ1v) is 4.88. The lowest BCUT2D eigenvalue weighted by Gasteiger charge is -2.07. The fourth-order valence-electron chi connectivity index (χ4n) is 1.47. The van der Waals surface area contributed by atoms with Crippen molar-refractivity contribution in [1.82, 2.24) is 0 Å². The molecule has 0 bridgehead atoms. The van der Waals surface area contributed by atoms with Gasteiger partial charge in [-0.05, 0) is 30.9 Å². The first-order chi connectivity index (χ1) is 7.15. The summed E-state index contributed by atoms with van der Waals surface area (Å²) in [5, 5.41) is 8.78. The largest absolute Gasteiger partial charge is 0.480 e. The Morgan fingerprint density at radius 3 is 2.73 bits per heavy atom. The van der Waals surface area contributed by atoms with E-state index in [2.05, 4.69) is 5.92 Å². The van der Waals surface area contributed by atoms with Gasteiger partial charge in [0.1, 0.15) is 5.92 Å². The monoisotopic (exact) mass is 202 g/mol. The molecule has 0 saturated carbocycles. The van der Waals surface area contributed by atoms with Crippen LogP contribution < -0.4 is 0 Å². The fourth-order valence-corrected chi connectivity index (χ4v) is 1.47. The summed E-state index contributed by atoms with van der Waals surface area (Å²) in [4.78, 5) is 10.7. The van der Waals surface area contributed by atoms with Gasteiger partial charge < -0.3 is 5.11 Å². The zero-order chi connectivity index (χ0) is 11.3. The van der Waals surface area contributed by atoms with Crippen molar-refractivity contribution in [3.63, 3.8) is 0 Å². The number of rotatable bonds is 4. The molecule has 0 amide bonds. The number of aryl methyl sites for hydroxylation is 2. The molecule has 0 saturated heterocycles. The van der Waals surface area contributed by atoms with E-state index in [1.54, 1.807) is 0 Å². The van der Waals surface area contributed by atoms with Crippen LogP contribution in [0.15, 0.2) is 24.3 Å². The lowest BCUT2D eigenvalue weighted by Crippen LogP contribution is -2.12. The number of benzene rings is 1. The highest BCUT2D eigenvalue weighted by molar-refractivity contribution is 5.73. The summed E-state index contributed by atoms with van der Waals surface area (Å²) in [6, 6.07) is 7.94. The number of carbonyl (C=O) groups is 1. The molecule has 15 heavy (non-hydrogen) atoms. The molecule has 0 aliphatic rings. The summed E-state index contributed by atoms with van der Waals surface area (Å²) in [5.74, 6) is 0.704. The summed E-state index contributed by atoms with van der Waals surface area (Å²) in [6.07, 6.45) is 6.36. The molecule has 1 aromatic rings. The van der Waals surface area contributed by atoms with Gasteiger partial charge >= 0.3 is 5.97 Å². The molecular weight excluding hydrogens is 188 g/mol. The molecule has 1 N–H and O–H groups in total. The van der Waals surface area contributed by atoms with E-state index in [0.717, 1.165) is 0 Å². The normalized spacial score (nSPS) is 11.7. The van der Waals surface area contributed by atoms with Gasteiger partial charge in [-0.25, -0.2) is 0 Å². The average molecular weight is 202 g/mol. The highest BCUT2D eigenvalue weighted by Crippen LogP contribution is 2.13. The van der Waals surface area contributed by atoms with Gasteiger partial charge in [-0.2, -0.15) is 0 Å². The van der Waals surface area contributed by atoms with Crippen LogP contribution in [0.1, 0.15) is 17.5 Å². The second-order valence-electron chi connectivity index (χ2n) is 3.52. The van der Waals surface area contributed by atoms with E-state index in [-0.39, 0.29) is 0 Å². The van der Waals surface area contributed by atoms with E-state index in [4.69, 9.17) is 11.5 Å². The van der Waals surface area contributed by atoms with Crippen LogP contribution in [0, 0.1) is 25.2 Å². The molecule has 2 heteroatoms. The van der Waals surface area contributed by atoms with Crippen LogP contribution in [0.2, 0.25) is 0 Å². The van der Waals surface area contributed by atoms with Gasteiger partial charge in [-0.1, -0.05) is 30.2 Å². The third kappa shape index (κ3) is 3.14. The average Bonchev–Trinajstić information content (AvgIpc) is 2.21. The Labute approximate surface area is 89.9 Å². The van der Waals surface area contributed by atoms with E-state index < -0.39 is 11.9 Å². The molecule has 0 spiro atoms. The SMILES string of the molecule is C#CC(CCc1ccccc1C)C(=O)O. The molecule has 0 aliphatic carbocycles. The fraction of sp³-hybridized carbons (Fsp3) is 0.308. The minimum atomic E-state index is -0.911. The highest BCUT2D eigenvalue weighted by atomic mass is 16.4. The molecular formula is C13H14O2. The maximum atomic E-state index is 10.7. The molecule has 1 aromatic carbocycles. The Balaban J connectivity index is 2.61. The van der Waals surface area contributed by atoms with Crippen molar-refractivity contribution < 1.29 is 9.90 Å². The number of carboxylic acid groups (broad SMARTS) is 1. The van der Waals surface area contributed by atoms with Gasteiger partial charge in [-0.15, -0.1) is 6.42 Å². The maximum Gasteiger partial charge on any atom is 0.318 e. The number of hydrogen-bond donors (Lipinski definition) is 1.